The standard InChI is InChI=1S/C10H8N6O2/c11-4-7-3-8(16(17)18)10(14-5-7)15-6-9-12-1-2-13-9/h1-3,5H,6H2,(H,12,13)(H,14,15). The lowest BCUT2D eigenvalue weighted by molar-refractivity contribution is -0.384. The molecule has 2 rings (SSSR count). The van der Waals surface area contributed by atoms with E-state index < -0.39 is 4.92 Å². The van der Waals surface area contributed by atoms with Crippen molar-refractivity contribution in [3.63, 3.8) is 0 Å². The van der Waals surface area contributed by atoms with E-state index >= 15 is 0 Å². The number of anilines is 1. The van der Waals surface area contributed by atoms with E-state index in [1.54, 1.807) is 18.5 Å². The summed E-state index contributed by atoms with van der Waals surface area (Å²) in [6, 6.07) is 2.98. The molecule has 0 aromatic carbocycles. The van der Waals surface area contributed by atoms with Gasteiger partial charge in [-0.1, -0.05) is 0 Å². The molecule has 2 N–H and O–H groups in total. The molecular weight excluding hydrogens is 236 g/mol. The first-order valence-electron chi connectivity index (χ1n) is 4.97. The second kappa shape index (κ2) is 4.92. The fourth-order valence-electron chi connectivity index (χ4n) is 1.35. The fraction of sp³-hybridized carbons (Fsp3) is 0.100. The molecule has 0 aliphatic rings. The van der Waals surface area contributed by atoms with Crippen molar-refractivity contribution < 1.29 is 4.92 Å². The molecular formula is C10H8N6O2. The number of aromatic amines is 1. The maximum Gasteiger partial charge on any atom is 0.312 e. The summed E-state index contributed by atoms with van der Waals surface area (Å²) in [5, 5.41) is 22.3. The van der Waals surface area contributed by atoms with Gasteiger partial charge in [0, 0.05) is 24.7 Å². The van der Waals surface area contributed by atoms with Crippen molar-refractivity contribution in [3.8, 4) is 6.07 Å². The van der Waals surface area contributed by atoms with E-state index in [0.29, 0.717) is 5.82 Å². The van der Waals surface area contributed by atoms with Gasteiger partial charge in [0.2, 0.25) is 5.82 Å². The van der Waals surface area contributed by atoms with Crippen LogP contribution in [-0.4, -0.2) is 19.9 Å². The van der Waals surface area contributed by atoms with E-state index in [0.717, 1.165) is 0 Å². The summed E-state index contributed by atoms with van der Waals surface area (Å²) in [7, 11) is 0. The first-order chi connectivity index (χ1) is 8.70. The molecule has 2 aromatic heterocycles. The van der Waals surface area contributed by atoms with E-state index in [2.05, 4.69) is 20.3 Å². The summed E-state index contributed by atoms with van der Waals surface area (Å²) >= 11 is 0. The maximum absolute atomic E-state index is 10.8. The number of nitrogens with one attached hydrogen (secondary N) is 2. The lowest BCUT2D eigenvalue weighted by atomic mass is 10.3. The third kappa shape index (κ3) is 2.41. The smallest absolute Gasteiger partial charge is 0.312 e. The SMILES string of the molecule is N#Cc1cnc(NCc2ncc[nH]2)c([N+](=O)[O-])c1. The van der Waals surface area contributed by atoms with E-state index in [9.17, 15) is 10.1 Å². The van der Waals surface area contributed by atoms with Crippen molar-refractivity contribution >= 4 is 11.5 Å². The molecule has 0 spiro atoms. The predicted octanol–water partition coefficient (Wildman–Crippen LogP) is 1.20. The molecule has 0 aliphatic carbocycles. The van der Waals surface area contributed by atoms with Crippen LogP contribution in [0.15, 0.2) is 24.7 Å². The Hall–Kier alpha value is -2.95. The second-order valence-electron chi connectivity index (χ2n) is 3.35. The van der Waals surface area contributed by atoms with Crippen LogP contribution in [0.1, 0.15) is 11.4 Å². The Balaban J connectivity index is 2.22. The monoisotopic (exact) mass is 244 g/mol. The summed E-state index contributed by atoms with van der Waals surface area (Å²) in [5.74, 6) is 0.742. The number of aromatic nitrogens is 3. The zero-order valence-corrected chi connectivity index (χ0v) is 9.12. The highest BCUT2D eigenvalue weighted by Gasteiger charge is 2.16. The normalized spacial score (nSPS) is 9.72. The molecule has 2 aromatic rings. The number of imidazole rings is 1. The number of nitro groups is 1. The minimum atomic E-state index is -0.585. The summed E-state index contributed by atoms with van der Waals surface area (Å²) < 4.78 is 0. The molecule has 0 fully saturated rings. The van der Waals surface area contributed by atoms with Gasteiger partial charge in [-0.3, -0.25) is 10.1 Å². The van der Waals surface area contributed by atoms with Crippen LogP contribution in [0.5, 0.6) is 0 Å². The zero-order chi connectivity index (χ0) is 13.0. The van der Waals surface area contributed by atoms with Crippen molar-refractivity contribution in [2.24, 2.45) is 0 Å². The van der Waals surface area contributed by atoms with Crippen LogP contribution in [0, 0.1) is 21.4 Å². The first kappa shape index (κ1) is 11.5. The summed E-state index contributed by atoms with van der Waals surface area (Å²) in [6.07, 6.45) is 4.51. The zero-order valence-electron chi connectivity index (χ0n) is 9.12. The number of pyridine rings is 1. The molecule has 0 radical (unpaired) electrons. The predicted molar refractivity (Wildman–Crippen MR) is 61.5 cm³/mol. The van der Waals surface area contributed by atoms with Gasteiger partial charge < -0.3 is 10.3 Å². The number of hydrogen-bond donors (Lipinski definition) is 2. The quantitative estimate of drug-likeness (QED) is 0.615. The molecule has 0 aliphatic heterocycles. The van der Waals surface area contributed by atoms with Gasteiger partial charge in [-0.25, -0.2) is 9.97 Å². The van der Waals surface area contributed by atoms with Gasteiger partial charge in [0.25, 0.3) is 0 Å². The average Bonchev–Trinajstić information content (AvgIpc) is 2.89. The Bertz CT molecular complexity index is 601. The highest BCUT2D eigenvalue weighted by atomic mass is 16.6. The third-order valence-corrected chi connectivity index (χ3v) is 2.17. The highest BCUT2D eigenvalue weighted by Crippen LogP contribution is 2.22. The molecule has 0 amide bonds. The molecule has 2 heterocycles. The van der Waals surface area contributed by atoms with E-state index in [4.69, 9.17) is 5.26 Å². The molecule has 8 heteroatoms. The van der Waals surface area contributed by atoms with E-state index in [1.807, 2.05) is 0 Å². The molecule has 0 atom stereocenters. The molecule has 90 valence electrons. The molecule has 8 nitrogen and oxygen atoms in total. The Labute approximate surface area is 101 Å². The third-order valence-electron chi connectivity index (χ3n) is 2.17. The summed E-state index contributed by atoms with van der Waals surface area (Å²) in [6.45, 7) is 0.284. The van der Waals surface area contributed by atoms with Crippen LogP contribution in [0.25, 0.3) is 0 Å². The van der Waals surface area contributed by atoms with Crippen molar-refractivity contribution in [1.82, 2.24) is 15.0 Å². The van der Waals surface area contributed by atoms with E-state index in [-0.39, 0.29) is 23.6 Å². The number of nitrogens with zero attached hydrogens (tertiary/aromatic N) is 4. The van der Waals surface area contributed by atoms with Crippen molar-refractivity contribution in [1.29, 1.82) is 5.26 Å². The number of hydrogen-bond acceptors (Lipinski definition) is 6. The van der Waals surface area contributed by atoms with Crippen LogP contribution in [0.3, 0.4) is 0 Å². The molecule has 0 saturated heterocycles. The first-order valence-corrected chi connectivity index (χ1v) is 4.97. The van der Waals surface area contributed by atoms with Crippen LogP contribution in [-0.2, 0) is 6.54 Å². The number of rotatable bonds is 4. The van der Waals surface area contributed by atoms with Crippen molar-refractivity contribution in [2.45, 2.75) is 6.54 Å². The van der Waals surface area contributed by atoms with Crippen LogP contribution < -0.4 is 5.32 Å². The van der Waals surface area contributed by atoms with Crippen LogP contribution in [0.4, 0.5) is 11.5 Å². The van der Waals surface area contributed by atoms with Gasteiger partial charge in [-0.05, 0) is 0 Å². The number of H-pyrrole nitrogens is 1. The minimum Gasteiger partial charge on any atom is -0.357 e. The van der Waals surface area contributed by atoms with Gasteiger partial charge >= 0.3 is 5.69 Å². The Kier molecular flexibility index (Phi) is 3.15. The fourth-order valence-corrected chi connectivity index (χ4v) is 1.35. The summed E-state index contributed by atoms with van der Waals surface area (Å²) in [5.41, 5.74) is -0.0918. The Morgan fingerprint density at radius 1 is 1.56 bits per heavy atom. The van der Waals surface area contributed by atoms with Crippen LogP contribution in [0.2, 0.25) is 0 Å². The lowest BCUT2D eigenvalue weighted by Gasteiger charge is -2.04. The Morgan fingerprint density at radius 2 is 2.39 bits per heavy atom. The van der Waals surface area contributed by atoms with Crippen molar-refractivity contribution in [2.75, 3.05) is 5.32 Å². The molecule has 0 bridgehead atoms. The van der Waals surface area contributed by atoms with E-state index in [1.165, 1.54) is 12.3 Å². The molecule has 18 heavy (non-hydrogen) atoms. The molecule has 0 saturated carbocycles. The number of nitriles is 1. The second-order valence-corrected chi connectivity index (χ2v) is 3.35. The Morgan fingerprint density at radius 3 is 3.00 bits per heavy atom. The molecule has 0 unspecified atom stereocenters. The average molecular weight is 244 g/mol. The van der Waals surface area contributed by atoms with Gasteiger partial charge in [-0.2, -0.15) is 5.26 Å². The maximum atomic E-state index is 10.8. The highest BCUT2D eigenvalue weighted by molar-refractivity contribution is 5.58. The lowest BCUT2D eigenvalue weighted by Crippen LogP contribution is -2.06. The van der Waals surface area contributed by atoms with Gasteiger partial charge in [0.15, 0.2) is 0 Å². The summed E-state index contributed by atoms with van der Waals surface area (Å²) in [4.78, 5) is 20.9. The van der Waals surface area contributed by atoms with Gasteiger partial charge in [0.05, 0.1) is 17.0 Å². The van der Waals surface area contributed by atoms with Gasteiger partial charge in [0.1, 0.15) is 11.9 Å². The minimum absolute atomic E-state index is 0.107. The topological polar surface area (TPSA) is 121 Å². The van der Waals surface area contributed by atoms with Crippen LogP contribution >= 0.6 is 0 Å². The van der Waals surface area contributed by atoms with Gasteiger partial charge in [-0.15, -0.1) is 0 Å². The van der Waals surface area contributed by atoms with Crippen molar-refractivity contribution in [3.05, 3.63) is 46.2 Å². The largest absolute Gasteiger partial charge is 0.357 e.